The summed E-state index contributed by atoms with van der Waals surface area (Å²) in [6.07, 6.45) is 4.07. The molecule has 2 aliphatic heterocycles. The number of anilines is 1. The molecule has 2 fully saturated rings. The number of halogens is 1. The number of nitriles is 1. The van der Waals surface area contributed by atoms with E-state index in [1.54, 1.807) is 39.9 Å². The van der Waals surface area contributed by atoms with Gasteiger partial charge in [0.2, 0.25) is 0 Å². The van der Waals surface area contributed by atoms with Crippen LogP contribution in [0.3, 0.4) is 0 Å². The Morgan fingerprint density at radius 3 is 2.68 bits per heavy atom. The van der Waals surface area contributed by atoms with Crippen molar-refractivity contribution in [3.63, 3.8) is 0 Å². The van der Waals surface area contributed by atoms with Gasteiger partial charge in [-0.25, -0.2) is 19.0 Å². The third-order valence-corrected chi connectivity index (χ3v) is 8.28. The van der Waals surface area contributed by atoms with Crippen LogP contribution in [0.1, 0.15) is 26.7 Å². The van der Waals surface area contributed by atoms with Crippen LogP contribution in [0.4, 0.5) is 10.2 Å². The molecular formula is C32H33FN8O3. The minimum Gasteiger partial charge on any atom is -0.457 e. The third kappa shape index (κ3) is 5.59. The SMILES string of the molecule is CC(C)(/C=C(/C#N)C(=O)N1CCCC1Cn1nc(-c2ccc(Oc3ccccc3)cc2F)c2c(N)ncnc21)N1CC(O)C1. The summed E-state index contributed by atoms with van der Waals surface area (Å²) in [7, 11) is 0. The van der Waals surface area contributed by atoms with E-state index in [4.69, 9.17) is 15.6 Å². The Morgan fingerprint density at radius 1 is 1.20 bits per heavy atom. The number of β-amino-alcohol motifs (C(OH)–C–C–N with tert-alkyl or cyclic N) is 1. The Bertz CT molecular complexity index is 1780. The van der Waals surface area contributed by atoms with Crippen molar-refractivity contribution in [3.05, 3.63) is 72.3 Å². The van der Waals surface area contributed by atoms with Crippen molar-refractivity contribution < 1.29 is 19.0 Å². The van der Waals surface area contributed by atoms with Crippen molar-refractivity contribution in [2.75, 3.05) is 25.4 Å². The van der Waals surface area contributed by atoms with Gasteiger partial charge in [-0.2, -0.15) is 10.4 Å². The van der Waals surface area contributed by atoms with Crippen molar-refractivity contribution in [3.8, 4) is 28.8 Å². The van der Waals surface area contributed by atoms with E-state index in [1.165, 1.54) is 12.4 Å². The highest BCUT2D eigenvalue weighted by Gasteiger charge is 2.38. The van der Waals surface area contributed by atoms with Gasteiger partial charge in [0, 0.05) is 36.8 Å². The van der Waals surface area contributed by atoms with E-state index in [2.05, 4.69) is 16.0 Å². The summed E-state index contributed by atoms with van der Waals surface area (Å²) in [5, 5.41) is 24.8. The highest BCUT2D eigenvalue weighted by atomic mass is 19.1. The molecule has 1 amide bonds. The van der Waals surface area contributed by atoms with Crippen molar-refractivity contribution in [1.82, 2.24) is 29.5 Å². The molecule has 1 atom stereocenters. The van der Waals surface area contributed by atoms with E-state index in [-0.39, 0.29) is 41.1 Å². The van der Waals surface area contributed by atoms with Crippen LogP contribution < -0.4 is 10.5 Å². The first-order valence-corrected chi connectivity index (χ1v) is 14.5. The zero-order valence-electron chi connectivity index (χ0n) is 24.5. The molecule has 11 nitrogen and oxygen atoms in total. The first-order chi connectivity index (χ1) is 21.1. The second-order valence-electron chi connectivity index (χ2n) is 11.7. The number of aliphatic hydroxyl groups is 1. The fourth-order valence-corrected chi connectivity index (χ4v) is 5.88. The molecule has 2 aliphatic rings. The zero-order valence-corrected chi connectivity index (χ0v) is 24.5. The van der Waals surface area contributed by atoms with Gasteiger partial charge in [-0.1, -0.05) is 18.2 Å². The number of rotatable bonds is 8. The van der Waals surface area contributed by atoms with Crippen LogP contribution in [-0.2, 0) is 11.3 Å². The number of nitrogens with two attached hydrogens (primary N) is 1. The lowest BCUT2D eigenvalue weighted by molar-refractivity contribution is -0.127. The number of hydrogen-bond acceptors (Lipinski definition) is 9. The summed E-state index contributed by atoms with van der Waals surface area (Å²) in [6, 6.07) is 15.5. The lowest BCUT2D eigenvalue weighted by Crippen LogP contribution is -2.59. The first kappa shape index (κ1) is 29.2. The summed E-state index contributed by atoms with van der Waals surface area (Å²) in [5.41, 5.74) is 6.67. The van der Waals surface area contributed by atoms with E-state index in [9.17, 15) is 15.2 Å². The van der Waals surface area contributed by atoms with Crippen molar-refractivity contribution >= 4 is 22.8 Å². The molecule has 2 aromatic heterocycles. The number of aromatic nitrogens is 4. The second kappa shape index (κ2) is 11.7. The van der Waals surface area contributed by atoms with Crippen LogP contribution in [0.15, 0.2) is 66.5 Å². The molecule has 12 heteroatoms. The number of ether oxygens (including phenoxy) is 1. The molecule has 0 spiro atoms. The number of fused-ring (bicyclic) bond motifs is 1. The highest BCUT2D eigenvalue weighted by Crippen LogP contribution is 2.35. The summed E-state index contributed by atoms with van der Waals surface area (Å²) in [6.45, 7) is 5.59. The van der Waals surface area contributed by atoms with Crippen LogP contribution >= 0.6 is 0 Å². The van der Waals surface area contributed by atoms with Crippen molar-refractivity contribution in [1.29, 1.82) is 5.26 Å². The standard InChI is InChI=1S/C32H33FN8O3/c1-32(2,39-17-22(42)18-39)14-20(15-34)31(43)40-12-6-7-21(40)16-41-30-27(29(35)36-19-37-30)28(38-41)25-11-10-24(13-26(25)33)44-23-8-4-3-5-9-23/h3-5,8-11,13-14,19,21-22,42H,6-7,12,16-18H2,1-2H3,(H2,35,36,37)/b20-14-. The molecule has 0 bridgehead atoms. The van der Waals surface area contributed by atoms with Gasteiger partial charge in [-0.15, -0.1) is 0 Å². The molecule has 4 aromatic rings. The van der Waals surface area contributed by atoms with Gasteiger partial charge in [-0.3, -0.25) is 9.69 Å². The number of benzene rings is 2. The van der Waals surface area contributed by atoms with E-state index in [0.717, 1.165) is 6.42 Å². The molecule has 4 heterocycles. The Hall–Kier alpha value is -4.86. The Labute approximate surface area is 254 Å². The topological polar surface area (TPSA) is 146 Å². The number of hydrogen-bond donors (Lipinski definition) is 2. The van der Waals surface area contributed by atoms with E-state index in [1.807, 2.05) is 36.9 Å². The van der Waals surface area contributed by atoms with Gasteiger partial charge in [0.15, 0.2) is 5.65 Å². The normalized spacial score (nSPS) is 17.9. The molecule has 2 aromatic carbocycles. The Balaban J connectivity index is 1.28. The molecule has 6 rings (SSSR count). The number of nitrogens with zero attached hydrogens (tertiary/aromatic N) is 7. The van der Waals surface area contributed by atoms with E-state index < -0.39 is 17.5 Å². The number of carbonyl (C=O) groups excluding carboxylic acids is 1. The number of likely N-dealkylation sites (tertiary alicyclic amines) is 2. The smallest absolute Gasteiger partial charge is 0.264 e. The molecule has 0 aliphatic carbocycles. The largest absolute Gasteiger partial charge is 0.457 e. The summed E-state index contributed by atoms with van der Waals surface area (Å²) < 4.78 is 22.9. The monoisotopic (exact) mass is 596 g/mol. The highest BCUT2D eigenvalue weighted by molar-refractivity contribution is 5.99. The minimum absolute atomic E-state index is 0.0563. The quantitative estimate of drug-likeness (QED) is 0.228. The summed E-state index contributed by atoms with van der Waals surface area (Å²) in [5.74, 6) is 0.176. The number of carbonyl (C=O) groups is 1. The van der Waals surface area contributed by atoms with Gasteiger partial charge in [-0.05, 0) is 57.0 Å². The zero-order chi connectivity index (χ0) is 31.0. The molecular weight excluding hydrogens is 563 g/mol. The third-order valence-electron chi connectivity index (χ3n) is 8.28. The molecule has 44 heavy (non-hydrogen) atoms. The fraction of sp³-hybridized carbons (Fsp3) is 0.344. The second-order valence-corrected chi connectivity index (χ2v) is 11.7. The summed E-state index contributed by atoms with van der Waals surface area (Å²) in [4.78, 5) is 25.9. The summed E-state index contributed by atoms with van der Waals surface area (Å²) >= 11 is 0. The predicted molar refractivity (Wildman–Crippen MR) is 162 cm³/mol. The predicted octanol–water partition coefficient (Wildman–Crippen LogP) is 3.90. The molecule has 226 valence electrons. The first-order valence-electron chi connectivity index (χ1n) is 14.5. The number of nitrogen functional groups attached to an aromatic ring is 1. The molecule has 0 radical (unpaired) electrons. The molecule has 1 unspecified atom stereocenters. The Kier molecular flexibility index (Phi) is 7.75. The molecule has 0 saturated carbocycles. The number of para-hydroxylation sites is 1. The van der Waals surface area contributed by atoms with E-state index >= 15 is 4.39 Å². The van der Waals surface area contributed by atoms with Gasteiger partial charge >= 0.3 is 0 Å². The molecule has 3 N–H and O–H groups in total. The van der Waals surface area contributed by atoms with Crippen LogP contribution in [0.5, 0.6) is 11.5 Å². The average Bonchev–Trinajstić information content (AvgIpc) is 3.60. The molecule has 2 saturated heterocycles. The lowest BCUT2D eigenvalue weighted by Gasteiger charge is -2.46. The number of amides is 1. The van der Waals surface area contributed by atoms with Gasteiger partial charge in [0.25, 0.3) is 5.91 Å². The van der Waals surface area contributed by atoms with E-state index in [0.29, 0.717) is 48.6 Å². The Morgan fingerprint density at radius 2 is 1.98 bits per heavy atom. The van der Waals surface area contributed by atoms with Crippen LogP contribution in [-0.4, -0.2) is 77.9 Å². The lowest BCUT2D eigenvalue weighted by atomic mass is 9.94. The average molecular weight is 597 g/mol. The van der Waals surface area contributed by atoms with Crippen molar-refractivity contribution in [2.24, 2.45) is 0 Å². The number of aliphatic hydroxyl groups excluding tert-OH is 1. The van der Waals surface area contributed by atoms with Crippen molar-refractivity contribution in [2.45, 2.75) is 50.9 Å². The maximum Gasteiger partial charge on any atom is 0.264 e. The van der Waals surface area contributed by atoms with Crippen LogP contribution in [0, 0.1) is 17.1 Å². The maximum absolute atomic E-state index is 15.5. The fourth-order valence-electron chi connectivity index (χ4n) is 5.88. The minimum atomic E-state index is -0.567. The van der Waals surface area contributed by atoms with Gasteiger partial charge in [0.1, 0.15) is 46.8 Å². The van der Waals surface area contributed by atoms with Gasteiger partial charge in [0.05, 0.1) is 24.1 Å². The van der Waals surface area contributed by atoms with Gasteiger partial charge < -0.3 is 20.5 Å². The van der Waals surface area contributed by atoms with Crippen LogP contribution in [0.25, 0.3) is 22.3 Å². The van der Waals surface area contributed by atoms with Crippen LogP contribution in [0.2, 0.25) is 0 Å². The maximum atomic E-state index is 15.5.